The lowest BCUT2D eigenvalue weighted by molar-refractivity contribution is 0.122. The summed E-state index contributed by atoms with van der Waals surface area (Å²) in [6.07, 6.45) is 0. The molecule has 2 N–H and O–H groups in total. The summed E-state index contributed by atoms with van der Waals surface area (Å²) in [5.74, 6) is 0. The average molecular weight is 327 g/mol. The van der Waals surface area contributed by atoms with Gasteiger partial charge in [-0.05, 0) is 42.0 Å². The standard InChI is InChI=1S/C18H21N3OS/c23-18(19-14-15-4-2-1-3-5-15)20-16-6-8-17(9-7-16)21-10-12-22-13-11-21/h1-9H,10-14H2,(H2,19,20,23). The summed E-state index contributed by atoms with van der Waals surface area (Å²) in [5, 5.41) is 7.07. The van der Waals surface area contributed by atoms with Gasteiger partial charge in [0.25, 0.3) is 0 Å². The van der Waals surface area contributed by atoms with Crippen molar-refractivity contribution in [2.75, 3.05) is 36.5 Å². The van der Waals surface area contributed by atoms with Gasteiger partial charge in [-0.15, -0.1) is 0 Å². The monoisotopic (exact) mass is 327 g/mol. The maximum absolute atomic E-state index is 5.38. The minimum Gasteiger partial charge on any atom is -0.378 e. The van der Waals surface area contributed by atoms with Gasteiger partial charge in [0.15, 0.2) is 5.11 Å². The molecular formula is C18H21N3OS. The highest BCUT2D eigenvalue weighted by molar-refractivity contribution is 7.80. The Balaban J connectivity index is 1.50. The van der Waals surface area contributed by atoms with Crippen molar-refractivity contribution >= 4 is 28.7 Å². The largest absolute Gasteiger partial charge is 0.378 e. The predicted octanol–water partition coefficient (Wildman–Crippen LogP) is 3.01. The molecule has 3 rings (SSSR count). The van der Waals surface area contributed by atoms with E-state index in [0.29, 0.717) is 5.11 Å². The van der Waals surface area contributed by atoms with Crippen LogP contribution in [0.5, 0.6) is 0 Å². The number of nitrogens with one attached hydrogen (secondary N) is 2. The molecule has 2 aromatic carbocycles. The fourth-order valence-corrected chi connectivity index (χ4v) is 2.72. The normalized spacial score (nSPS) is 14.3. The van der Waals surface area contributed by atoms with Gasteiger partial charge in [0.1, 0.15) is 0 Å². The highest BCUT2D eigenvalue weighted by Crippen LogP contribution is 2.18. The van der Waals surface area contributed by atoms with Crippen LogP contribution in [0.2, 0.25) is 0 Å². The first-order valence-corrected chi connectivity index (χ1v) is 8.23. The molecule has 0 amide bonds. The molecule has 0 spiro atoms. The fourth-order valence-electron chi connectivity index (χ4n) is 2.53. The molecule has 1 aliphatic rings. The quantitative estimate of drug-likeness (QED) is 0.844. The molecule has 0 atom stereocenters. The predicted molar refractivity (Wildman–Crippen MR) is 99.0 cm³/mol. The summed E-state index contributed by atoms with van der Waals surface area (Å²) in [6, 6.07) is 18.6. The molecule has 1 heterocycles. The maximum atomic E-state index is 5.38. The molecule has 1 fully saturated rings. The third-order valence-electron chi connectivity index (χ3n) is 3.80. The Kier molecular flexibility index (Phi) is 5.45. The molecule has 0 aliphatic carbocycles. The van der Waals surface area contributed by atoms with Gasteiger partial charge in [-0.2, -0.15) is 0 Å². The molecular weight excluding hydrogens is 306 g/mol. The number of anilines is 2. The van der Waals surface area contributed by atoms with E-state index < -0.39 is 0 Å². The van der Waals surface area contributed by atoms with Crippen molar-refractivity contribution in [3.8, 4) is 0 Å². The molecule has 0 aromatic heterocycles. The van der Waals surface area contributed by atoms with Crippen LogP contribution in [0.1, 0.15) is 5.56 Å². The van der Waals surface area contributed by atoms with Gasteiger partial charge in [-0.3, -0.25) is 0 Å². The van der Waals surface area contributed by atoms with Crippen LogP contribution in [0.3, 0.4) is 0 Å². The molecule has 0 bridgehead atoms. The van der Waals surface area contributed by atoms with E-state index in [1.54, 1.807) is 0 Å². The van der Waals surface area contributed by atoms with E-state index in [1.807, 2.05) is 18.2 Å². The van der Waals surface area contributed by atoms with Gasteiger partial charge in [0, 0.05) is 31.0 Å². The lowest BCUT2D eigenvalue weighted by atomic mass is 10.2. The van der Waals surface area contributed by atoms with Crippen molar-refractivity contribution in [2.45, 2.75) is 6.54 Å². The van der Waals surface area contributed by atoms with Gasteiger partial charge in [-0.1, -0.05) is 30.3 Å². The van der Waals surface area contributed by atoms with E-state index in [1.165, 1.54) is 11.3 Å². The van der Waals surface area contributed by atoms with Gasteiger partial charge in [-0.25, -0.2) is 0 Å². The molecule has 23 heavy (non-hydrogen) atoms. The van der Waals surface area contributed by atoms with Crippen molar-refractivity contribution in [3.05, 3.63) is 60.2 Å². The first-order valence-electron chi connectivity index (χ1n) is 7.83. The smallest absolute Gasteiger partial charge is 0.171 e. The Morgan fingerprint density at radius 1 is 1.00 bits per heavy atom. The van der Waals surface area contributed by atoms with E-state index in [2.05, 4.69) is 51.9 Å². The topological polar surface area (TPSA) is 36.5 Å². The van der Waals surface area contributed by atoms with Crippen molar-refractivity contribution < 1.29 is 4.74 Å². The van der Waals surface area contributed by atoms with E-state index in [-0.39, 0.29) is 0 Å². The average Bonchev–Trinajstić information content (AvgIpc) is 2.62. The summed E-state index contributed by atoms with van der Waals surface area (Å²) >= 11 is 5.34. The van der Waals surface area contributed by atoms with Crippen LogP contribution in [0, 0.1) is 0 Å². The Bertz CT molecular complexity index is 624. The molecule has 4 nitrogen and oxygen atoms in total. The van der Waals surface area contributed by atoms with Crippen LogP contribution in [0.4, 0.5) is 11.4 Å². The summed E-state index contributed by atoms with van der Waals surface area (Å²) in [5.41, 5.74) is 3.42. The number of ether oxygens (including phenoxy) is 1. The van der Waals surface area contributed by atoms with Crippen LogP contribution in [-0.2, 0) is 11.3 Å². The number of rotatable bonds is 4. The van der Waals surface area contributed by atoms with E-state index in [9.17, 15) is 0 Å². The lowest BCUT2D eigenvalue weighted by Gasteiger charge is -2.29. The second-order valence-electron chi connectivity index (χ2n) is 5.44. The SMILES string of the molecule is S=C(NCc1ccccc1)Nc1ccc(N2CCOCC2)cc1. The Hall–Kier alpha value is -2.11. The fraction of sp³-hybridized carbons (Fsp3) is 0.278. The number of morpholine rings is 1. The minimum atomic E-state index is 0.632. The number of benzene rings is 2. The number of hydrogen-bond acceptors (Lipinski definition) is 3. The molecule has 0 saturated carbocycles. The van der Waals surface area contributed by atoms with E-state index in [4.69, 9.17) is 17.0 Å². The molecule has 5 heteroatoms. The zero-order chi connectivity index (χ0) is 15.9. The van der Waals surface area contributed by atoms with Gasteiger partial charge >= 0.3 is 0 Å². The molecule has 120 valence electrons. The molecule has 1 aliphatic heterocycles. The van der Waals surface area contributed by atoms with Crippen molar-refractivity contribution in [1.29, 1.82) is 0 Å². The first kappa shape index (κ1) is 15.8. The van der Waals surface area contributed by atoms with Crippen LogP contribution in [-0.4, -0.2) is 31.4 Å². The van der Waals surface area contributed by atoms with E-state index in [0.717, 1.165) is 38.5 Å². The van der Waals surface area contributed by atoms with Crippen molar-refractivity contribution in [1.82, 2.24) is 5.32 Å². The molecule has 2 aromatic rings. The third kappa shape index (κ3) is 4.68. The number of hydrogen-bond donors (Lipinski definition) is 2. The van der Waals surface area contributed by atoms with Crippen LogP contribution in [0.15, 0.2) is 54.6 Å². The molecule has 0 unspecified atom stereocenters. The van der Waals surface area contributed by atoms with Crippen LogP contribution < -0.4 is 15.5 Å². The highest BCUT2D eigenvalue weighted by Gasteiger charge is 2.10. The summed E-state index contributed by atoms with van der Waals surface area (Å²) < 4.78 is 5.38. The van der Waals surface area contributed by atoms with Gasteiger partial charge in [0.05, 0.1) is 13.2 Å². The lowest BCUT2D eigenvalue weighted by Crippen LogP contribution is -2.36. The first-order chi connectivity index (χ1) is 11.3. The third-order valence-corrected chi connectivity index (χ3v) is 4.04. The van der Waals surface area contributed by atoms with Crippen molar-refractivity contribution in [3.63, 3.8) is 0 Å². The summed E-state index contributed by atoms with van der Waals surface area (Å²) in [6.45, 7) is 4.22. The van der Waals surface area contributed by atoms with E-state index >= 15 is 0 Å². The highest BCUT2D eigenvalue weighted by atomic mass is 32.1. The second-order valence-corrected chi connectivity index (χ2v) is 5.85. The Labute approximate surface area is 142 Å². The maximum Gasteiger partial charge on any atom is 0.171 e. The molecule has 0 radical (unpaired) electrons. The minimum absolute atomic E-state index is 0.632. The second kappa shape index (κ2) is 7.94. The number of nitrogens with zero attached hydrogens (tertiary/aromatic N) is 1. The zero-order valence-corrected chi connectivity index (χ0v) is 13.8. The summed E-state index contributed by atoms with van der Waals surface area (Å²) in [7, 11) is 0. The van der Waals surface area contributed by atoms with Gasteiger partial charge in [0.2, 0.25) is 0 Å². The zero-order valence-electron chi connectivity index (χ0n) is 13.0. The molecule has 1 saturated heterocycles. The van der Waals surface area contributed by atoms with Gasteiger partial charge < -0.3 is 20.3 Å². The van der Waals surface area contributed by atoms with Crippen LogP contribution in [0.25, 0.3) is 0 Å². The Morgan fingerprint density at radius 2 is 1.70 bits per heavy atom. The van der Waals surface area contributed by atoms with Crippen LogP contribution >= 0.6 is 12.2 Å². The Morgan fingerprint density at radius 3 is 2.39 bits per heavy atom. The van der Waals surface area contributed by atoms with Crippen molar-refractivity contribution in [2.24, 2.45) is 0 Å². The summed E-state index contributed by atoms with van der Waals surface area (Å²) in [4.78, 5) is 2.33. The number of thiocarbonyl (C=S) groups is 1.